The van der Waals surface area contributed by atoms with Gasteiger partial charge in [0.1, 0.15) is 5.70 Å². The summed E-state index contributed by atoms with van der Waals surface area (Å²) < 4.78 is 0. The van der Waals surface area contributed by atoms with Gasteiger partial charge in [-0.25, -0.2) is 0 Å². The van der Waals surface area contributed by atoms with E-state index in [0.29, 0.717) is 17.5 Å². The van der Waals surface area contributed by atoms with Crippen LogP contribution in [0.25, 0.3) is 6.08 Å². The molecule has 0 bridgehead atoms. The number of thioether (sulfide) groups is 1. The zero-order chi connectivity index (χ0) is 20.3. The Bertz CT molecular complexity index is 981. The second-order valence-corrected chi connectivity index (χ2v) is 7.69. The zero-order valence-electron chi connectivity index (χ0n) is 16.0. The Morgan fingerprint density at radius 2 is 1.71 bits per heavy atom. The van der Waals surface area contributed by atoms with Crippen molar-refractivity contribution in [2.75, 3.05) is 20.4 Å². The fourth-order valence-corrected chi connectivity index (χ4v) is 4.37. The highest BCUT2D eigenvalue weighted by atomic mass is 32.2. The van der Waals surface area contributed by atoms with E-state index in [-0.39, 0.29) is 17.5 Å². The first-order valence-electron chi connectivity index (χ1n) is 8.81. The van der Waals surface area contributed by atoms with Gasteiger partial charge >= 0.3 is 0 Å². The molecule has 5 nitrogen and oxygen atoms in total. The van der Waals surface area contributed by atoms with Gasteiger partial charge in [-0.15, -0.1) is 11.8 Å². The maximum absolute atomic E-state index is 13.4. The largest absolute Gasteiger partial charge is 0.317 e. The summed E-state index contributed by atoms with van der Waals surface area (Å²) >= 11 is 1.36. The number of nitriles is 1. The van der Waals surface area contributed by atoms with E-state index in [1.807, 2.05) is 36.6 Å². The summed E-state index contributed by atoms with van der Waals surface area (Å²) in [6.45, 7) is 0. The second kappa shape index (κ2) is 7.91. The molecule has 0 spiro atoms. The van der Waals surface area contributed by atoms with E-state index >= 15 is 0 Å². The Hall–Kier alpha value is -3.04. The smallest absolute Gasteiger partial charge is 0.271 e. The lowest BCUT2D eigenvalue weighted by atomic mass is 9.98. The Balaban J connectivity index is 2.04. The fourth-order valence-electron chi connectivity index (χ4n) is 3.39. The summed E-state index contributed by atoms with van der Waals surface area (Å²) in [5, 5.41) is 9.31. The third-order valence-electron chi connectivity index (χ3n) is 5.06. The zero-order valence-corrected chi connectivity index (χ0v) is 16.9. The summed E-state index contributed by atoms with van der Waals surface area (Å²) in [5.41, 5.74) is 2.31. The van der Waals surface area contributed by atoms with Crippen molar-refractivity contribution in [3.63, 3.8) is 0 Å². The van der Waals surface area contributed by atoms with Gasteiger partial charge in [0.25, 0.3) is 11.8 Å². The number of hydrogen-bond donors (Lipinski definition) is 0. The average molecular weight is 391 g/mol. The minimum atomic E-state index is -1.01. The predicted molar refractivity (Wildman–Crippen MR) is 111 cm³/mol. The molecule has 1 atom stereocenters. The minimum absolute atomic E-state index is 0.161. The van der Waals surface area contributed by atoms with E-state index in [1.54, 1.807) is 44.4 Å². The number of amides is 2. The predicted octanol–water partition coefficient (Wildman–Crippen LogP) is 3.13. The van der Waals surface area contributed by atoms with Crippen LogP contribution in [-0.4, -0.2) is 46.8 Å². The lowest BCUT2D eigenvalue weighted by molar-refractivity contribution is -0.150. The number of carbonyl (C=O) groups is 2. The minimum Gasteiger partial charge on any atom is -0.317 e. The molecule has 0 radical (unpaired) electrons. The molecule has 1 saturated heterocycles. The van der Waals surface area contributed by atoms with E-state index in [9.17, 15) is 14.9 Å². The summed E-state index contributed by atoms with van der Waals surface area (Å²) in [4.78, 5) is 28.5. The Labute approximate surface area is 169 Å². The maximum atomic E-state index is 13.4. The van der Waals surface area contributed by atoms with Crippen LogP contribution in [0.4, 0.5) is 0 Å². The van der Waals surface area contributed by atoms with Crippen LogP contribution < -0.4 is 0 Å². The summed E-state index contributed by atoms with van der Waals surface area (Å²) in [6.07, 6.45) is 3.88. The third-order valence-corrected chi connectivity index (χ3v) is 6.33. The van der Waals surface area contributed by atoms with E-state index < -0.39 is 4.87 Å². The van der Waals surface area contributed by atoms with Crippen LogP contribution in [0.1, 0.15) is 16.7 Å². The van der Waals surface area contributed by atoms with Gasteiger partial charge < -0.3 is 9.80 Å². The van der Waals surface area contributed by atoms with Gasteiger partial charge in [-0.05, 0) is 29.5 Å². The molecule has 142 valence electrons. The number of carbonyl (C=O) groups excluding carboxylic acids is 2. The topological polar surface area (TPSA) is 64.4 Å². The number of likely N-dealkylation sites (N-methyl/N-ethyl adjacent to an activating group) is 2. The first kappa shape index (κ1) is 19.7. The van der Waals surface area contributed by atoms with Gasteiger partial charge in [-0.2, -0.15) is 5.26 Å². The third kappa shape index (κ3) is 3.30. The van der Waals surface area contributed by atoms with Gasteiger partial charge in [0.05, 0.1) is 11.6 Å². The molecule has 0 aliphatic carbocycles. The normalized spacial score (nSPS) is 21.1. The highest BCUT2D eigenvalue weighted by Gasteiger charge is 2.51. The van der Waals surface area contributed by atoms with Gasteiger partial charge in [0, 0.05) is 20.5 Å². The molecule has 0 aromatic heterocycles. The highest BCUT2D eigenvalue weighted by molar-refractivity contribution is 8.00. The van der Waals surface area contributed by atoms with Crippen molar-refractivity contribution in [2.45, 2.75) is 11.3 Å². The molecule has 2 aromatic rings. The molecule has 1 unspecified atom stereocenters. The van der Waals surface area contributed by atoms with Crippen molar-refractivity contribution in [3.05, 3.63) is 77.0 Å². The summed E-state index contributed by atoms with van der Waals surface area (Å²) in [5.74, 6) is -0.410. The van der Waals surface area contributed by atoms with Crippen molar-refractivity contribution in [3.8, 4) is 6.07 Å². The monoisotopic (exact) mass is 391 g/mol. The van der Waals surface area contributed by atoms with Crippen molar-refractivity contribution >= 4 is 29.7 Å². The molecule has 3 rings (SSSR count). The molecule has 28 heavy (non-hydrogen) atoms. The first-order valence-corrected chi connectivity index (χ1v) is 10.0. The lowest BCUT2D eigenvalue weighted by Gasteiger charge is -2.46. The maximum Gasteiger partial charge on any atom is 0.271 e. The van der Waals surface area contributed by atoms with Crippen LogP contribution in [0.15, 0.2) is 60.3 Å². The molecule has 1 heterocycles. The Morgan fingerprint density at radius 1 is 1.07 bits per heavy atom. The summed E-state index contributed by atoms with van der Waals surface area (Å²) in [7, 11) is 3.28. The molecule has 0 N–H and O–H groups in total. The number of nitrogens with zero attached hydrogens (tertiary/aromatic N) is 3. The number of hydrogen-bond acceptors (Lipinski definition) is 4. The van der Waals surface area contributed by atoms with Crippen LogP contribution in [0, 0.1) is 11.3 Å². The molecule has 1 aliphatic rings. The van der Waals surface area contributed by atoms with E-state index in [0.717, 1.165) is 5.56 Å². The van der Waals surface area contributed by atoms with Gasteiger partial charge in [-0.1, -0.05) is 48.5 Å². The molecule has 2 aromatic carbocycles. The van der Waals surface area contributed by atoms with Crippen LogP contribution in [0.2, 0.25) is 0 Å². The fraction of sp³-hybridized carbons (Fsp3) is 0.227. The molecule has 0 saturated carbocycles. The Kier molecular flexibility index (Phi) is 5.57. The average Bonchev–Trinajstić information content (AvgIpc) is 2.74. The van der Waals surface area contributed by atoms with E-state index in [1.165, 1.54) is 21.6 Å². The number of rotatable bonds is 4. The molecule has 6 heteroatoms. The molecule has 2 amide bonds. The summed E-state index contributed by atoms with van der Waals surface area (Å²) in [6, 6.07) is 18.8. The van der Waals surface area contributed by atoms with Crippen molar-refractivity contribution < 1.29 is 9.59 Å². The molecular formula is C22H21N3O2S. The molecular weight excluding hydrogens is 370 g/mol. The van der Waals surface area contributed by atoms with Gasteiger partial charge in [0.15, 0.2) is 4.87 Å². The van der Waals surface area contributed by atoms with Crippen LogP contribution >= 0.6 is 11.8 Å². The lowest BCUT2D eigenvalue weighted by Crippen LogP contribution is -2.64. The first-order chi connectivity index (χ1) is 13.4. The van der Waals surface area contributed by atoms with Crippen LogP contribution in [0.3, 0.4) is 0 Å². The van der Waals surface area contributed by atoms with Crippen LogP contribution in [0.5, 0.6) is 0 Å². The van der Waals surface area contributed by atoms with Crippen molar-refractivity contribution in [2.24, 2.45) is 0 Å². The number of piperazine rings is 1. The van der Waals surface area contributed by atoms with Gasteiger partial charge in [0.2, 0.25) is 0 Å². The van der Waals surface area contributed by atoms with Crippen molar-refractivity contribution in [1.29, 1.82) is 5.26 Å². The Morgan fingerprint density at radius 3 is 2.36 bits per heavy atom. The highest BCUT2D eigenvalue weighted by Crippen LogP contribution is 2.38. The molecule has 1 aliphatic heterocycles. The second-order valence-electron chi connectivity index (χ2n) is 6.61. The van der Waals surface area contributed by atoms with E-state index in [2.05, 4.69) is 6.07 Å². The van der Waals surface area contributed by atoms with Gasteiger partial charge in [-0.3, -0.25) is 9.59 Å². The quantitative estimate of drug-likeness (QED) is 0.751. The van der Waals surface area contributed by atoms with Crippen LogP contribution in [-0.2, 0) is 16.0 Å². The standard InChI is InChI=1S/C22H21N3O2S/c1-24-19(13-17-11-7-8-12-18(17)15-23)20(26)25(2)22(28-3,21(24)27)14-16-9-5-4-6-10-16/h4-13H,14H2,1-3H3/b19-13-. The number of benzene rings is 2. The van der Waals surface area contributed by atoms with E-state index in [4.69, 9.17) is 0 Å². The molecule has 1 fully saturated rings. The SMILES string of the molecule is CSC1(Cc2ccccc2)C(=O)N(C)/C(=C\c2ccccc2C#N)C(=O)N1C. The van der Waals surface area contributed by atoms with Crippen molar-refractivity contribution in [1.82, 2.24) is 9.80 Å².